The molecule has 0 unspecified atom stereocenters. The van der Waals surface area contributed by atoms with Gasteiger partial charge in [-0.25, -0.2) is 0 Å². The number of hydrogen-bond donors (Lipinski definition) is 3. The average Bonchev–Trinajstić information content (AvgIpc) is 2.09. The van der Waals surface area contributed by atoms with E-state index in [4.69, 9.17) is 5.11 Å². The summed E-state index contributed by atoms with van der Waals surface area (Å²) in [5, 5.41) is 27.2. The van der Waals surface area contributed by atoms with Crippen LogP contribution >= 0.6 is 15.9 Å². The van der Waals surface area contributed by atoms with Gasteiger partial charge in [-0.3, -0.25) is 0 Å². The first-order valence-corrected chi connectivity index (χ1v) is 4.75. The van der Waals surface area contributed by atoms with E-state index in [9.17, 15) is 10.2 Å². The maximum Gasteiger partial charge on any atom is 0.160 e. The largest absolute Gasteiger partial charge is 0.504 e. The maximum atomic E-state index is 9.40. The number of aryl methyl sites for hydroxylation is 1. The lowest BCUT2D eigenvalue weighted by atomic mass is 10.1. The first-order valence-electron chi connectivity index (χ1n) is 3.96. The Kier molecular flexibility index (Phi) is 3.57. The minimum Gasteiger partial charge on any atom is -0.504 e. The molecular weight excluding hydrogens is 236 g/mol. The minimum atomic E-state index is -0.137. The summed E-state index contributed by atoms with van der Waals surface area (Å²) in [7, 11) is 0. The van der Waals surface area contributed by atoms with Crippen LogP contribution in [0.1, 0.15) is 12.0 Å². The highest BCUT2D eigenvalue weighted by atomic mass is 79.9. The highest BCUT2D eigenvalue weighted by molar-refractivity contribution is 9.10. The Morgan fingerprint density at radius 1 is 1.23 bits per heavy atom. The number of benzene rings is 1. The molecule has 0 radical (unpaired) electrons. The van der Waals surface area contributed by atoms with Gasteiger partial charge in [0.25, 0.3) is 0 Å². The highest BCUT2D eigenvalue weighted by Crippen LogP contribution is 2.33. The summed E-state index contributed by atoms with van der Waals surface area (Å²) in [5.74, 6) is -0.237. The van der Waals surface area contributed by atoms with Crippen LogP contribution in [0.5, 0.6) is 11.5 Å². The number of phenols is 2. The monoisotopic (exact) mass is 246 g/mol. The van der Waals surface area contributed by atoms with Crippen LogP contribution in [0.4, 0.5) is 0 Å². The Morgan fingerprint density at radius 3 is 2.54 bits per heavy atom. The van der Waals surface area contributed by atoms with Gasteiger partial charge in [0.2, 0.25) is 0 Å². The first kappa shape index (κ1) is 10.3. The van der Waals surface area contributed by atoms with E-state index < -0.39 is 0 Å². The molecule has 3 nitrogen and oxygen atoms in total. The molecule has 0 bridgehead atoms. The van der Waals surface area contributed by atoms with E-state index in [1.807, 2.05) is 0 Å². The van der Waals surface area contributed by atoms with Crippen LogP contribution < -0.4 is 0 Å². The molecule has 0 aliphatic rings. The van der Waals surface area contributed by atoms with E-state index in [-0.39, 0.29) is 18.1 Å². The van der Waals surface area contributed by atoms with Crippen molar-refractivity contribution in [2.45, 2.75) is 12.8 Å². The molecule has 0 fully saturated rings. The molecule has 3 N–H and O–H groups in total. The van der Waals surface area contributed by atoms with Crippen molar-refractivity contribution in [1.82, 2.24) is 0 Å². The third-order valence-corrected chi connectivity index (χ3v) is 2.20. The summed E-state index contributed by atoms with van der Waals surface area (Å²) in [6.07, 6.45) is 1.12. The van der Waals surface area contributed by atoms with Gasteiger partial charge < -0.3 is 15.3 Å². The van der Waals surface area contributed by atoms with Crippen molar-refractivity contribution in [3.8, 4) is 11.5 Å². The van der Waals surface area contributed by atoms with Crippen molar-refractivity contribution in [2.24, 2.45) is 0 Å². The molecule has 72 valence electrons. The number of halogens is 1. The maximum absolute atomic E-state index is 9.40. The van der Waals surface area contributed by atoms with Crippen molar-refractivity contribution < 1.29 is 15.3 Å². The zero-order chi connectivity index (χ0) is 9.84. The van der Waals surface area contributed by atoms with Gasteiger partial charge in [0.1, 0.15) is 0 Å². The standard InChI is InChI=1S/C9H11BrO3/c10-7-4-6(2-1-3-11)9(13)8(12)5-7/h4-5,11-13H,1-3H2. The minimum absolute atomic E-state index is 0.0761. The quantitative estimate of drug-likeness (QED) is 0.713. The molecule has 0 atom stereocenters. The van der Waals surface area contributed by atoms with Gasteiger partial charge in [-0.1, -0.05) is 15.9 Å². The number of aliphatic hydroxyl groups excluding tert-OH is 1. The third-order valence-electron chi connectivity index (χ3n) is 1.74. The Hall–Kier alpha value is -0.740. The zero-order valence-corrected chi connectivity index (χ0v) is 8.58. The van der Waals surface area contributed by atoms with Gasteiger partial charge in [0.05, 0.1) is 0 Å². The summed E-state index contributed by atoms with van der Waals surface area (Å²) in [6.45, 7) is 0.0761. The zero-order valence-electron chi connectivity index (χ0n) is 7.00. The van der Waals surface area contributed by atoms with E-state index >= 15 is 0 Å². The van der Waals surface area contributed by atoms with Gasteiger partial charge in [-0.05, 0) is 30.5 Å². The number of phenolic OH excluding ortho intramolecular Hbond substituents is 2. The second-order valence-electron chi connectivity index (χ2n) is 2.76. The number of hydrogen-bond acceptors (Lipinski definition) is 3. The molecule has 1 aromatic carbocycles. The molecule has 0 saturated carbocycles. The second kappa shape index (κ2) is 4.48. The first-order chi connectivity index (χ1) is 6.15. The fourth-order valence-electron chi connectivity index (χ4n) is 1.10. The molecule has 0 spiro atoms. The summed E-state index contributed by atoms with van der Waals surface area (Å²) < 4.78 is 0.718. The fourth-order valence-corrected chi connectivity index (χ4v) is 1.59. The lowest BCUT2D eigenvalue weighted by Gasteiger charge is -2.05. The topological polar surface area (TPSA) is 60.7 Å². The molecule has 0 amide bonds. The molecular formula is C9H11BrO3. The molecule has 0 heterocycles. The van der Waals surface area contributed by atoms with Crippen molar-refractivity contribution >= 4 is 15.9 Å². The predicted octanol–water partition coefficient (Wildman–Crippen LogP) is 1.79. The molecule has 4 heteroatoms. The van der Waals surface area contributed by atoms with Crippen LogP contribution in [-0.4, -0.2) is 21.9 Å². The molecule has 1 rings (SSSR count). The highest BCUT2D eigenvalue weighted by Gasteiger charge is 2.07. The lowest BCUT2D eigenvalue weighted by Crippen LogP contribution is -1.90. The predicted molar refractivity (Wildman–Crippen MR) is 52.9 cm³/mol. The Labute approximate surface area is 84.8 Å². The summed E-state index contributed by atoms with van der Waals surface area (Å²) in [4.78, 5) is 0. The number of aromatic hydroxyl groups is 2. The van der Waals surface area contributed by atoms with Crippen LogP contribution in [0.2, 0.25) is 0 Å². The summed E-state index contributed by atoms with van der Waals surface area (Å²) in [5.41, 5.74) is 0.640. The average molecular weight is 247 g/mol. The van der Waals surface area contributed by atoms with Gasteiger partial charge in [-0.2, -0.15) is 0 Å². The van der Waals surface area contributed by atoms with Crippen molar-refractivity contribution in [3.05, 3.63) is 22.2 Å². The van der Waals surface area contributed by atoms with Gasteiger partial charge in [0, 0.05) is 11.1 Å². The Bertz CT molecular complexity index is 299. The van der Waals surface area contributed by atoms with Crippen LogP contribution in [0.3, 0.4) is 0 Å². The van der Waals surface area contributed by atoms with Crippen LogP contribution in [0.25, 0.3) is 0 Å². The lowest BCUT2D eigenvalue weighted by molar-refractivity contribution is 0.287. The normalized spacial score (nSPS) is 10.3. The third kappa shape index (κ3) is 2.60. The van der Waals surface area contributed by atoms with Gasteiger partial charge in [0.15, 0.2) is 11.5 Å². The fraction of sp³-hybridized carbons (Fsp3) is 0.333. The van der Waals surface area contributed by atoms with E-state index in [2.05, 4.69) is 15.9 Å². The summed E-state index contributed by atoms with van der Waals surface area (Å²) in [6, 6.07) is 3.16. The van der Waals surface area contributed by atoms with Crippen LogP contribution in [-0.2, 0) is 6.42 Å². The molecule has 0 aliphatic carbocycles. The summed E-state index contributed by atoms with van der Waals surface area (Å²) >= 11 is 3.21. The molecule has 1 aromatic rings. The van der Waals surface area contributed by atoms with Gasteiger partial charge in [-0.15, -0.1) is 0 Å². The second-order valence-corrected chi connectivity index (χ2v) is 3.68. The molecule has 0 aromatic heterocycles. The Balaban J connectivity index is 2.92. The molecule has 0 aliphatic heterocycles. The van der Waals surface area contributed by atoms with E-state index in [1.54, 1.807) is 6.07 Å². The van der Waals surface area contributed by atoms with E-state index in [0.717, 1.165) is 4.47 Å². The van der Waals surface area contributed by atoms with Gasteiger partial charge >= 0.3 is 0 Å². The number of rotatable bonds is 3. The Morgan fingerprint density at radius 2 is 1.92 bits per heavy atom. The van der Waals surface area contributed by atoms with Crippen LogP contribution in [0, 0.1) is 0 Å². The van der Waals surface area contributed by atoms with Crippen LogP contribution in [0.15, 0.2) is 16.6 Å². The smallest absolute Gasteiger partial charge is 0.160 e. The SMILES string of the molecule is OCCCc1cc(Br)cc(O)c1O. The van der Waals surface area contributed by atoms with Crippen molar-refractivity contribution in [3.63, 3.8) is 0 Å². The van der Waals surface area contributed by atoms with Crippen molar-refractivity contribution in [2.75, 3.05) is 6.61 Å². The number of aliphatic hydroxyl groups is 1. The molecule has 13 heavy (non-hydrogen) atoms. The van der Waals surface area contributed by atoms with Crippen molar-refractivity contribution in [1.29, 1.82) is 0 Å². The molecule has 0 saturated heterocycles. The van der Waals surface area contributed by atoms with E-state index in [0.29, 0.717) is 18.4 Å². The van der Waals surface area contributed by atoms with E-state index in [1.165, 1.54) is 6.07 Å².